The number of rotatable bonds is 3. The number of nitrogens with zero attached hydrogens (tertiary/aromatic N) is 1. The lowest BCUT2D eigenvalue weighted by atomic mass is 10.4. The Hall–Kier alpha value is -1.56. The Balaban J connectivity index is 3.05. The molecule has 0 aliphatic heterocycles. The number of aromatic carboxylic acids is 1. The molecule has 0 aromatic carbocycles. The first-order valence-electron chi connectivity index (χ1n) is 3.29. The molecule has 1 rings (SSSR count). The molecule has 6 heteroatoms. The van der Waals surface area contributed by atoms with Crippen molar-refractivity contribution in [2.45, 2.75) is 6.54 Å². The lowest BCUT2D eigenvalue weighted by molar-refractivity contribution is 0.0695. The van der Waals surface area contributed by atoms with Gasteiger partial charge in [0, 0.05) is 6.20 Å². The van der Waals surface area contributed by atoms with Crippen molar-refractivity contribution >= 4 is 5.97 Å². The summed E-state index contributed by atoms with van der Waals surface area (Å²) >= 11 is 0. The molecule has 12 heavy (non-hydrogen) atoms. The Bertz CT molecular complexity index is 338. The predicted octanol–water partition coefficient (Wildman–Crippen LogP) is -1.13. The molecule has 1 heterocycles. The number of hydrogen-bond acceptors (Lipinski definition) is 3. The number of carboxylic acid groups (broad SMARTS) is 1. The van der Waals surface area contributed by atoms with Crippen LogP contribution in [0.1, 0.15) is 10.4 Å². The molecule has 0 bridgehead atoms. The summed E-state index contributed by atoms with van der Waals surface area (Å²) in [5.74, 6) is -1.27. The van der Waals surface area contributed by atoms with Gasteiger partial charge in [-0.1, -0.05) is 0 Å². The fourth-order valence-corrected chi connectivity index (χ4v) is 0.828. The fourth-order valence-electron chi connectivity index (χ4n) is 0.828. The molecule has 0 spiro atoms. The van der Waals surface area contributed by atoms with E-state index in [9.17, 15) is 9.59 Å². The number of aromatic amines is 1. The molecule has 0 atom stereocenters. The van der Waals surface area contributed by atoms with E-state index in [2.05, 4.69) is 5.10 Å². The van der Waals surface area contributed by atoms with Crippen LogP contribution in [0.15, 0.2) is 11.0 Å². The molecule has 1 aromatic heterocycles. The molecule has 66 valence electrons. The maximum absolute atomic E-state index is 11.0. The molecule has 6 nitrogen and oxygen atoms in total. The van der Waals surface area contributed by atoms with Gasteiger partial charge in [-0.25, -0.2) is 4.79 Å². The van der Waals surface area contributed by atoms with Crippen molar-refractivity contribution in [2.24, 2.45) is 0 Å². The highest BCUT2D eigenvalue weighted by Gasteiger charge is 2.11. The molecule has 0 saturated heterocycles. The number of hydrogen-bond donors (Lipinski definition) is 3. The van der Waals surface area contributed by atoms with E-state index in [0.29, 0.717) is 0 Å². The zero-order valence-electron chi connectivity index (χ0n) is 6.15. The molecule has 3 N–H and O–H groups in total. The largest absolute Gasteiger partial charge is 0.477 e. The number of aliphatic hydroxyl groups is 1. The number of carboxylic acids is 1. The maximum atomic E-state index is 11.0. The molecule has 0 aliphatic carbocycles. The van der Waals surface area contributed by atoms with Crippen molar-refractivity contribution < 1.29 is 15.0 Å². The Morgan fingerprint density at radius 1 is 1.67 bits per heavy atom. The highest BCUT2D eigenvalue weighted by molar-refractivity contribution is 5.86. The molecular formula is C6H8N2O4. The molecule has 0 unspecified atom stereocenters. The molecule has 0 aliphatic rings. The van der Waals surface area contributed by atoms with Crippen molar-refractivity contribution in [1.82, 2.24) is 9.78 Å². The van der Waals surface area contributed by atoms with E-state index in [1.165, 1.54) is 0 Å². The fraction of sp³-hybridized carbons (Fsp3) is 0.333. The zero-order chi connectivity index (χ0) is 9.14. The van der Waals surface area contributed by atoms with Crippen LogP contribution in [-0.4, -0.2) is 32.6 Å². The smallest absolute Gasteiger partial charge is 0.342 e. The van der Waals surface area contributed by atoms with Gasteiger partial charge in [-0.15, -0.1) is 0 Å². The molecular weight excluding hydrogens is 164 g/mol. The first-order chi connectivity index (χ1) is 5.66. The van der Waals surface area contributed by atoms with E-state index < -0.39 is 11.5 Å². The Morgan fingerprint density at radius 3 is 2.75 bits per heavy atom. The van der Waals surface area contributed by atoms with Gasteiger partial charge in [0.15, 0.2) is 0 Å². The van der Waals surface area contributed by atoms with E-state index in [4.69, 9.17) is 10.2 Å². The van der Waals surface area contributed by atoms with Crippen LogP contribution in [0.2, 0.25) is 0 Å². The van der Waals surface area contributed by atoms with Gasteiger partial charge in [0.05, 0.1) is 13.2 Å². The van der Waals surface area contributed by atoms with Crippen LogP contribution < -0.4 is 5.56 Å². The van der Waals surface area contributed by atoms with Gasteiger partial charge in [-0.05, 0) is 0 Å². The third kappa shape index (κ3) is 1.37. The summed E-state index contributed by atoms with van der Waals surface area (Å²) in [4.78, 5) is 21.4. The minimum absolute atomic E-state index is 0.0755. The van der Waals surface area contributed by atoms with Gasteiger partial charge < -0.3 is 15.3 Å². The van der Waals surface area contributed by atoms with Gasteiger partial charge in [0.2, 0.25) is 0 Å². The van der Waals surface area contributed by atoms with Crippen molar-refractivity contribution in [3.63, 3.8) is 0 Å². The summed E-state index contributed by atoms with van der Waals surface area (Å²) in [5.41, 5.74) is -0.944. The van der Waals surface area contributed by atoms with Gasteiger partial charge in [0.25, 0.3) is 5.56 Å². The minimum atomic E-state index is -1.27. The lowest BCUT2D eigenvalue weighted by Gasteiger charge is -1.94. The van der Waals surface area contributed by atoms with Crippen LogP contribution >= 0.6 is 0 Å². The number of nitrogens with one attached hydrogen (secondary N) is 1. The number of H-pyrrole nitrogens is 1. The highest BCUT2D eigenvalue weighted by atomic mass is 16.4. The summed E-state index contributed by atoms with van der Waals surface area (Å²) in [7, 11) is 0. The lowest BCUT2D eigenvalue weighted by Crippen LogP contribution is -2.22. The second kappa shape index (κ2) is 3.22. The van der Waals surface area contributed by atoms with Gasteiger partial charge in [0.1, 0.15) is 5.56 Å². The van der Waals surface area contributed by atoms with E-state index >= 15 is 0 Å². The number of carbonyl (C=O) groups is 1. The summed E-state index contributed by atoms with van der Waals surface area (Å²) in [6, 6.07) is 0. The number of aromatic nitrogens is 2. The van der Waals surface area contributed by atoms with Crippen molar-refractivity contribution in [2.75, 3.05) is 6.61 Å². The van der Waals surface area contributed by atoms with E-state index in [1.54, 1.807) is 0 Å². The van der Waals surface area contributed by atoms with Crippen molar-refractivity contribution in [3.05, 3.63) is 22.1 Å². The Kier molecular flexibility index (Phi) is 2.29. The SMILES string of the molecule is O=C(O)c1c[nH]n(CCO)c1=O. The van der Waals surface area contributed by atoms with Crippen LogP contribution in [0.4, 0.5) is 0 Å². The molecule has 1 aromatic rings. The highest BCUT2D eigenvalue weighted by Crippen LogP contribution is 1.88. The van der Waals surface area contributed by atoms with Crippen LogP contribution in [0.25, 0.3) is 0 Å². The number of aliphatic hydroxyl groups excluding tert-OH is 1. The molecule has 0 radical (unpaired) electrons. The van der Waals surface area contributed by atoms with Crippen molar-refractivity contribution in [3.8, 4) is 0 Å². The van der Waals surface area contributed by atoms with Crippen LogP contribution in [0, 0.1) is 0 Å². The quantitative estimate of drug-likeness (QED) is 0.537. The van der Waals surface area contributed by atoms with E-state index in [-0.39, 0.29) is 18.7 Å². The maximum Gasteiger partial charge on any atom is 0.342 e. The normalized spacial score (nSPS) is 10.1. The van der Waals surface area contributed by atoms with Gasteiger partial charge >= 0.3 is 5.97 Å². The predicted molar refractivity (Wildman–Crippen MR) is 39.1 cm³/mol. The molecule has 0 amide bonds. The summed E-state index contributed by atoms with van der Waals surface area (Å²) in [6.45, 7) is -0.133. The standard InChI is InChI=1S/C6H8N2O4/c9-2-1-8-5(10)4(3-7-8)6(11)12/h3,7,9H,1-2H2,(H,11,12). The summed E-state index contributed by atoms with van der Waals surface area (Å²) < 4.78 is 1.03. The molecule has 0 saturated carbocycles. The first-order valence-corrected chi connectivity index (χ1v) is 3.29. The first kappa shape index (κ1) is 8.54. The van der Waals surface area contributed by atoms with Crippen LogP contribution in [0.3, 0.4) is 0 Å². The Morgan fingerprint density at radius 2 is 2.33 bits per heavy atom. The molecule has 0 fully saturated rings. The zero-order valence-corrected chi connectivity index (χ0v) is 6.15. The Labute approximate surface area is 67.0 Å². The second-order valence-corrected chi connectivity index (χ2v) is 2.17. The third-order valence-electron chi connectivity index (χ3n) is 1.39. The van der Waals surface area contributed by atoms with Crippen LogP contribution in [-0.2, 0) is 6.54 Å². The minimum Gasteiger partial charge on any atom is -0.477 e. The summed E-state index contributed by atoms with van der Waals surface area (Å²) in [6.07, 6.45) is 1.10. The van der Waals surface area contributed by atoms with Crippen LogP contribution in [0.5, 0.6) is 0 Å². The third-order valence-corrected chi connectivity index (χ3v) is 1.39. The topological polar surface area (TPSA) is 95.3 Å². The van der Waals surface area contributed by atoms with Gasteiger partial charge in [-0.3, -0.25) is 9.48 Å². The van der Waals surface area contributed by atoms with Crippen molar-refractivity contribution in [1.29, 1.82) is 0 Å². The van der Waals surface area contributed by atoms with E-state index in [1.807, 2.05) is 0 Å². The van der Waals surface area contributed by atoms with Gasteiger partial charge in [-0.2, -0.15) is 0 Å². The monoisotopic (exact) mass is 172 g/mol. The average molecular weight is 172 g/mol. The summed E-state index contributed by atoms with van der Waals surface area (Å²) in [5, 5.41) is 19.3. The average Bonchev–Trinajstić information content (AvgIpc) is 2.34. The van der Waals surface area contributed by atoms with E-state index in [0.717, 1.165) is 10.9 Å². The second-order valence-electron chi connectivity index (χ2n) is 2.17.